The molecule has 6 rings (SSSR count). The van der Waals surface area contributed by atoms with E-state index in [1.54, 1.807) is 24.6 Å². The van der Waals surface area contributed by atoms with Gasteiger partial charge >= 0.3 is 0 Å². The number of anilines is 2. The van der Waals surface area contributed by atoms with E-state index in [2.05, 4.69) is 10.6 Å². The zero-order chi connectivity index (χ0) is 25.9. The summed E-state index contributed by atoms with van der Waals surface area (Å²) in [6, 6.07) is 31.9. The van der Waals surface area contributed by atoms with E-state index in [9.17, 15) is 9.59 Å². The number of carbonyl (C=O) groups excluding carboxylic acids is 2. The van der Waals surface area contributed by atoms with E-state index in [0.29, 0.717) is 11.1 Å². The van der Waals surface area contributed by atoms with E-state index in [4.69, 9.17) is 0 Å². The fraction of sp³-hybridized carbons (Fsp3) is 0. The van der Waals surface area contributed by atoms with Gasteiger partial charge in [-0.25, -0.2) is 0 Å². The molecule has 4 aromatic rings. The van der Waals surface area contributed by atoms with Gasteiger partial charge in [-0.1, -0.05) is 84.9 Å². The van der Waals surface area contributed by atoms with Crippen LogP contribution in [0.4, 0.5) is 11.4 Å². The first-order valence-electron chi connectivity index (χ1n) is 12.4. The number of nitrogens with one attached hydrogen (secondary N) is 2. The first-order valence-corrected chi connectivity index (χ1v) is 12.4. The van der Waals surface area contributed by atoms with Crippen molar-refractivity contribution in [2.24, 2.45) is 0 Å². The van der Waals surface area contributed by atoms with Crippen molar-refractivity contribution in [1.82, 2.24) is 0 Å². The van der Waals surface area contributed by atoms with Gasteiger partial charge in [0.05, 0.1) is 0 Å². The van der Waals surface area contributed by atoms with Gasteiger partial charge in [0.2, 0.25) is 0 Å². The van der Waals surface area contributed by atoms with Crippen molar-refractivity contribution in [1.29, 1.82) is 0 Å². The predicted molar refractivity (Wildman–Crippen MR) is 156 cm³/mol. The molecule has 0 saturated carbocycles. The highest BCUT2D eigenvalue weighted by Gasteiger charge is 2.17. The van der Waals surface area contributed by atoms with Gasteiger partial charge in [0.15, 0.2) is 11.6 Å². The lowest BCUT2D eigenvalue weighted by atomic mass is 9.92. The third-order valence-corrected chi connectivity index (χ3v) is 6.73. The molecule has 4 heteroatoms. The molecule has 0 radical (unpaired) electrons. The van der Waals surface area contributed by atoms with Crippen molar-refractivity contribution >= 4 is 46.2 Å². The van der Waals surface area contributed by atoms with Gasteiger partial charge in [-0.05, 0) is 69.8 Å². The zero-order valence-electron chi connectivity index (χ0n) is 20.5. The summed E-state index contributed by atoms with van der Waals surface area (Å²) >= 11 is 0. The van der Waals surface area contributed by atoms with Crippen LogP contribution in [0.1, 0.15) is 22.3 Å². The Kier molecular flexibility index (Phi) is 6.12. The second kappa shape index (κ2) is 10.0. The number of allylic oxidation sites excluding steroid dienone is 4. The topological polar surface area (TPSA) is 58.2 Å². The van der Waals surface area contributed by atoms with Gasteiger partial charge in [-0.2, -0.15) is 0 Å². The van der Waals surface area contributed by atoms with E-state index in [1.807, 2.05) is 109 Å². The van der Waals surface area contributed by atoms with E-state index < -0.39 is 0 Å². The van der Waals surface area contributed by atoms with Crippen molar-refractivity contribution in [3.8, 4) is 11.1 Å². The molecule has 0 amide bonds. The number of fused-ring (bicyclic) bond motifs is 2. The van der Waals surface area contributed by atoms with Crippen LogP contribution < -0.4 is 10.6 Å². The molecule has 0 unspecified atom stereocenters. The van der Waals surface area contributed by atoms with Crippen LogP contribution in [0.5, 0.6) is 0 Å². The van der Waals surface area contributed by atoms with Crippen molar-refractivity contribution < 1.29 is 9.59 Å². The van der Waals surface area contributed by atoms with Crippen molar-refractivity contribution in [3.63, 3.8) is 0 Å². The minimum Gasteiger partial charge on any atom is -0.361 e. The van der Waals surface area contributed by atoms with Crippen LogP contribution in [0.3, 0.4) is 0 Å². The summed E-state index contributed by atoms with van der Waals surface area (Å²) in [5.41, 5.74) is 9.21. The molecule has 4 aromatic carbocycles. The maximum Gasteiger partial charge on any atom is 0.187 e. The lowest BCUT2D eigenvalue weighted by Gasteiger charge is -2.14. The summed E-state index contributed by atoms with van der Waals surface area (Å²) in [5, 5.41) is 6.53. The third kappa shape index (κ3) is 4.63. The lowest BCUT2D eigenvalue weighted by molar-refractivity contribution is -0.110. The minimum absolute atomic E-state index is 0.00862. The Morgan fingerprint density at radius 3 is 1.26 bits per heavy atom. The Labute approximate surface area is 221 Å². The predicted octanol–water partition coefficient (Wildman–Crippen LogP) is 7.45. The average Bonchev–Trinajstić information content (AvgIpc) is 2.97. The van der Waals surface area contributed by atoms with Gasteiger partial charge in [0, 0.05) is 34.9 Å². The summed E-state index contributed by atoms with van der Waals surface area (Å²) in [4.78, 5) is 24.9. The SMILES string of the molecule is O=C1C=Cc2ccccc2C1=CNc1ccc(-c2ccc(NC=C3C(=O)C=Cc4ccccc43)cc2)cc1. The minimum atomic E-state index is -0.00862. The molecule has 0 bridgehead atoms. The van der Waals surface area contributed by atoms with Gasteiger partial charge in [0.1, 0.15) is 0 Å². The highest BCUT2D eigenvalue weighted by atomic mass is 16.1. The number of hydrogen-bond acceptors (Lipinski definition) is 4. The van der Waals surface area contributed by atoms with Crippen LogP contribution in [0, 0.1) is 0 Å². The van der Waals surface area contributed by atoms with Crippen LogP contribution in [0.25, 0.3) is 34.4 Å². The Bertz CT molecular complexity index is 1540. The molecule has 2 N–H and O–H groups in total. The van der Waals surface area contributed by atoms with Crippen LogP contribution in [0.15, 0.2) is 122 Å². The molecule has 182 valence electrons. The van der Waals surface area contributed by atoms with Crippen molar-refractivity contribution in [3.05, 3.63) is 144 Å². The Hall–Kier alpha value is -5.22. The molecule has 2 aliphatic rings. The molecule has 4 nitrogen and oxygen atoms in total. The van der Waals surface area contributed by atoms with E-state index in [0.717, 1.165) is 44.8 Å². The van der Waals surface area contributed by atoms with E-state index in [1.165, 1.54) is 0 Å². The molecule has 0 spiro atoms. The first kappa shape index (κ1) is 23.2. The Morgan fingerprint density at radius 2 is 0.842 bits per heavy atom. The molecule has 0 aromatic heterocycles. The second-order valence-electron chi connectivity index (χ2n) is 9.13. The third-order valence-electron chi connectivity index (χ3n) is 6.73. The monoisotopic (exact) mass is 492 g/mol. The summed E-state index contributed by atoms with van der Waals surface area (Å²) < 4.78 is 0. The molecule has 0 saturated heterocycles. The lowest BCUT2D eigenvalue weighted by Crippen LogP contribution is -2.06. The number of ketones is 2. The molecule has 38 heavy (non-hydrogen) atoms. The summed E-state index contributed by atoms with van der Waals surface area (Å²) in [6.07, 6.45) is 10.5. The van der Waals surface area contributed by atoms with Crippen LogP contribution in [-0.4, -0.2) is 11.6 Å². The van der Waals surface area contributed by atoms with Crippen LogP contribution in [-0.2, 0) is 9.59 Å². The summed E-state index contributed by atoms with van der Waals surface area (Å²) in [6.45, 7) is 0. The van der Waals surface area contributed by atoms with Gasteiger partial charge in [-0.15, -0.1) is 0 Å². The average molecular weight is 493 g/mol. The maximum absolute atomic E-state index is 12.4. The Morgan fingerprint density at radius 1 is 0.447 bits per heavy atom. The molecule has 0 heterocycles. The largest absolute Gasteiger partial charge is 0.361 e. The molecular weight excluding hydrogens is 468 g/mol. The Balaban J connectivity index is 1.14. The molecule has 0 fully saturated rings. The summed E-state index contributed by atoms with van der Waals surface area (Å²) in [5.74, 6) is -0.0172. The van der Waals surface area contributed by atoms with E-state index >= 15 is 0 Å². The number of benzene rings is 4. The number of rotatable bonds is 5. The highest BCUT2D eigenvalue weighted by molar-refractivity contribution is 6.30. The fourth-order valence-corrected chi connectivity index (χ4v) is 4.68. The van der Waals surface area contributed by atoms with Crippen LogP contribution in [0.2, 0.25) is 0 Å². The molecular formula is C34H24N2O2. The maximum atomic E-state index is 12.4. The highest BCUT2D eigenvalue weighted by Crippen LogP contribution is 2.29. The zero-order valence-corrected chi connectivity index (χ0v) is 20.5. The quantitative estimate of drug-likeness (QED) is 0.284. The first-order chi connectivity index (χ1) is 18.7. The van der Waals surface area contributed by atoms with Crippen LogP contribution >= 0.6 is 0 Å². The van der Waals surface area contributed by atoms with E-state index in [-0.39, 0.29) is 11.6 Å². The van der Waals surface area contributed by atoms with Crippen molar-refractivity contribution in [2.75, 3.05) is 10.6 Å². The molecule has 2 aliphatic carbocycles. The molecule has 0 atom stereocenters. The van der Waals surface area contributed by atoms with Crippen molar-refractivity contribution in [2.45, 2.75) is 0 Å². The standard InChI is InChI=1S/C34H24N2O2/c37-33-19-13-25-5-1-3-7-29(25)31(33)21-35-27-15-9-23(10-16-27)24-11-17-28(18-12-24)36-22-32-30-8-4-2-6-26(30)14-20-34(32)38/h1-22,35-36H. The smallest absolute Gasteiger partial charge is 0.187 e. The fourth-order valence-electron chi connectivity index (χ4n) is 4.68. The second-order valence-corrected chi connectivity index (χ2v) is 9.13. The van der Waals surface area contributed by atoms with Gasteiger partial charge in [0.25, 0.3) is 0 Å². The summed E-state index contributed by atoms with van der Waals surface area (Å²) in [7, 11) is 0. The number of hydrogen-bond donors (Lipinski definition) is 2. The van der Waals surface area contributed by atoms with Gasteiger partial charge in [-0.3, -0.25) is 9.59 Å². The molecule has 0 aliphatic heterocycles. The van der Waals surface area contributed by atoms with Gasteiger partial charge < -0.3 is 10.6 Å². The number of carbonyl (C=O) groups is 2. The normalized spacial score (nSPS) is 15.9.